The first-order chi connectivity index (χ1) is 11.3. The van der Waals surface area contributed by atoms with Crippen molar-refractivity contribution in [3.8, 4) is 38.8 Å². The van der Waals surface area contributed by atoms with Gasteiger partial charge in [-0.3, -0.25) is 4.98 Å². The largest absolute Gasteiger partial charge is 0.493 e. The summed E-state index contributed by atoms with van der Waals surface area (Å²) in [6.07, 6.45) is 5.42. The van der Waals surface area contributed by atoms with Crippen molar-refractivity contribution >= 4 is 11.5 Å². The summed E-state index contributed by atoms with van der Waals surface area (Å²) in [5.41, 5.74) is 3.00. The summed E-state index contributed by atoms with van der Waals surface area (Å²) in [4.78, 5) is 5.20. The number of rotatable bonds is 5. The molecule has 0 radical (unpaired) electrons. The highest BCUT2D eigenvalue weighted by molar-refractivity contribution is 7.10. The molecule has 118 valence electrons. The number of aromatic nitrogens is 2. The fourth-order valence-corrected chi connectivity index (χ4v) is 3.14. The van der Waals surface area contributed by atoms with Gasteiger partial charge in [-0.15, -0.1) is 0 Å². The molecule has 0 aliphatic carbocycles. The molecule has 23 heavy (non-hydrogen) atoms. The van der Waals surface area contributed by atoms with Gasteiger partial charge in [-0.05, 0) is 29.7 Å². The van der Waals surface area contributed by atoms with Crippen molar-refractivity contribution in [2.45, 2.75) is 0 Å². The molecule has 0 bridgehead atoms. The van der Waals surface area contributed by atoms with Crippen LogP contribution in [0.5, 0.6) is 17.2 Å². The molecule has 3 aromatic rings. The van der Waals surface area contributed by atoms with Crippen molar-refractivity contribution in [3.63, 3.8) is 0 Å². The molecule has 0 aliphatic rings. The maximum atomic E-state index is 5.43. The number of pyridine rings is 1. The van der Waals surface area contributed by atoms with Crippen LogP contribution in [-0.2, 0) is 0 Å². The third-order valence-corrected chi connectivity index (χ3v) is 4.32. The van der Waals surface area contributed by atoms with Gasteiger partial charge in [0.15, 0.2) is 11.5 Å². The van der Waals surface area contributed by atoms with E-state index in [1.807, 2.05) is 36.7 Å². The second-order valence-electron chi connectivity index (χ2n) is 4.72. The van der Waals surface area contributed by atoms with Crippen LogP contribution in [0.4, 0.5) is 0 Å². The highest BCUT2D eigenvalue weighted by Crippen LogP contribution is 2.44. The zero-order valence-corrected chi connectivity index (χ0v) is 13.9. The predicted molar refractivity (Wildman–Crippen MR) is 90.4 cm³/mol. The average Bonchev–Trinajstić information content (AvgIpc) is 3.10. The van der Waals surface area contributed by atoms with Gasteiger partial charge in [0, 0.05) is 35.3 Å². The van der Waals surface area contributed by atoms with Crippen molar-refractivity contribution in [2.75, 3.05) is 21.3 Å². The molecule has 0 saturated carbocycles. The fraction of sp³-hybridized carbons (Fsp3) is 0.176. The molecule has 0 spiro atoms. The molecule has 1 aromatic carbocycles. The van der Waals surface area contributed by atoms with Crippen LogP contribution in [0, 0.1) is 0 Å². The van der Waals surface area contributed by atoms with E-state index < -0.39 is 0 Å². The Bertz CT molecular complexity index is 778. The lowest BCUT2D eigenvalue weighted by atomic mass is 10.0. The van der Waals surface area contributed by atoms with Crippen molar-refractivity contribution < 1.29 is 14.2 Å². The number of hydrogen-bond acceptors (Lipinski definition) is 6. The molecule has 6 heteroatoms. The van der Waals surface area contributed by atoms with E-state index in [1.165, 1.54) is 11.5 Å². The molecule has 0 aliphatic heterocycles. The molecule has 3 rings (SSSR count). The summed E-state index contributed by atoms with van der Waals surface area (Å²) >= 11 is 1.42. The van der Waals surface area contributed by atoms with Crippen molar-refractivity contribution in [3.05, 3.63) is 42.9 Å². The van der Waals surface area contributed by atoms with Crippen LogP contribution < -0.4 is 14.2 Å². The van der Waals surface area contributed by atoms with E-state index in [-0.39, 0.29) is 0 Å². The standard InChI is InChI=1S/C17H16N2O3S/c1-20-14-7-12(8-15(21-2)16(14)22-3)17-13(10-19-23-17)11-5-4-6-18-9-11/h4-10H,1-3H3. The van der Waals surface area contributed by atoms with E-state index >= 15 is 0 Å². The highest BCUT2D eigenvalue weighted by atomic mass is 32.1. The minimum Gasteiger partial charge on any atom is -0.493 e. The lowest BCUT2D eigenvalue weighted by molar-refractivity contribution is 0.324. The normalized spacial score (nSPS) is 10.4. The van der Waals surface area contributed by atoms with Crippen LogP contribution in [0.15, 0.2) is 42.9 Å². The van der Waals surface area contributed by atoms with Gasteiger partial charge >= 0.3 is 0 Å². The summed E-state index contributed by atoms with van der Waals surface area (Å²) in [6, 6.07) is 7.77. The SMILES string of the molecule is COc1cc(-c2sncc2-c2cccnc2)cc(OC)c1OC. The van der Waals surface area contributed by atoms with E-state index in [4.69, 9.17) is 14.2 Å². The summed E-state index contributed by atoms with van der Waals surface area (Å²) in [7, 11) is 4.80. The Labute approximate surface area is 138 Å². The molecular formula is C17H16N2O3S. The lowest BCUT2D eigenvalue weighted by Gasteiger charge is -2.14. The van der Waals surface area contributed by atoms with Gasteiger partial charge in [0.25, 0.3) is 0 Å². The number of hydrogen-bond donors (Lipinski definition) is 0. The average molecular weight is 328 g/mol. The number of methoxy groups -OCH3 is 3. The molecule has 0 N–H and O–H groups in total. The molecular weight excluding hydrogens is 312 g/mol. The smallest absolute Gasteiger partial charge is 0.203 e. The Morgan fingerprint density at radius 1 is 0.913 bits per heavy atom. The minimum absolute atomic E-state index is 0.575. The summed E-state index contributed by atoms with van der Waals surface area (Å²) in [6.45, 7) is 0. The molecule has 0 saturated heterocycles. The van der Waals surface area contributed by atoms with E-state index in [9.17, 15) is 0 Å². The monoisotopic (exact) mass is 328 g/mol. The molecule has 0 atom stereocenters. The van der Waals surface area contributed by atoms with E-state index in [1.54, 1.807) is 27.5 Å². The molecule has 0 amide bonds. The van der Waals surface area contributed by atoms with Crippen molar-refractivity contribution in [1.82, 2.24) is 9.36 Å². The Balaban J connectivity index is 2.15. The van der Waals surface area contributed by atoms with Gasteiger partial charge in [-0.1, -0.05) is 6.07 Å². The van der Waals surface area contributed by atoms with Gasteiger partial charge in [-0.25, -0.2) is 0 Å². The highest BCUT2D eigenvalue weighted by Gasteiger charge is 2.17. The minimum atomic E-state index is 0.575. The lowest BCUT2D eigenvalue weighted by Crippen LogP contribution is -1.95. The Morgan fingerprint density at radius 2 is 1.65 bits per heavy atom. The van der Waals surface area contributed by atoms with E-state index in [0.717, 1.165) is 21.6 Å². The molecule has 5 nitrogen and oxygen atoms in total. The number of ether oxygens (including phenoxy) is 3. The molecule has 0 fully saturated rings. The molecule has 0 unspecified atom stereocenters. The summed E-state index contributed by atoms with van der Waals surface area (Å²) in [5, 5.41) is 0. The quantitative estimate of drug-likeness (QED) is 0.711. The van der Waals surface area contributed by atoms with E-state index in [2.05, 4.69) is 9.36 Å². The van der Waals surface area contributed by atoms with E-state index in [0.29, 0.717) is 17.2 Å². The Kier molecular flexibility index (Phi) is 4.43. The molecule has 2 heterocycles. The van der Waals surface area contributed by atoms with Gasteiger partial charge < -0.3 is 14.2 Å². The van der Waals surface area contributed by atoms with Gasteiger partial charge in [-0.2, -0.15) is 4.37 Å². The van der Waals surface area contributed by atoms with Crippen LogP contribution in [0.3, 0.4) is 0 Å². The Hall–Kier alpha value is -2.60. The zero-order chi connectivity index (χ0) is 16.2. The first-order valence-corrected chi connectivity index (χ1v) is 7.71. The molecule has 2 aromatic heterocycles. The third kappa shape index (κ3) is 2.85. The maximum absolute atomic E-state index is 5.43. The van der Waals surface area contributed by atoms with Crippen LogP contribution in [-0.4, -0.2) is 30.7 Å². The summed E-state index contributed by atoms with van der Waals surface area (Å²) in [5.74, 6) is 1.81. The first-order valence-electron chi connectivity index (χ1n) is 6.94. The van der Waals surface area contributed by atoms with Crippen LogP contribution >= 0.6 is 11.5 Å². The fourth-order valence-electron chi connectivity index (χ4n) is 2.39. The van der Waals surface area contributed by atoms with Crippen molar-refractivity contribution in [1.29, 1.82) is 0 Å². The topological polar surface area (TPSA) is 53.5 Å². The predicted octanol–water partition coefficient (Wildman–Crippen LogP) is 3.90. The third-order valence-electron chi connectivity index (χ3n) is 3.47. The van der Waals surface area contributed by atoms with Crippen molar-refractivity contribution in [2.24, 2.45) is 0 Å². The van der Waals surface area contributed by atoms with Crippen LogP contribution in [0.25, 0.3) is 21.6 Å². The van der Waals surface area contributed by atoms with Gasteiger partial charge in [0.2, 0.25) is 5.75 Å². The van der Waals surface area contributed by atoms with Gasteiger partial charge in [0.1, 0.15) is 0 Å². The number of nitrogens with zero attached hydrogens (tertiary/aromatic N) is 2. The van der Waals surface area contributed by atoms with Crippen LogP contribution in [0.2, 0.25) is 0 Å². The second-order valence-corrected chi connectivity index (χ2v) is 5.53. The number of benzene rings is 1. The van der Waals surface area contributed by atoms with Gasteiger partial charge in [0.05, 0.1) is 26.2 Å². The zero-order valence-electron chi connectivity index (χ0n) is 13.1. The second kappa shape index (κ2) is 6.66. The summed E-state index contributed by atoms with van der Waals surface area (Å²) < 4.78 is 20.6. The Morgan fingerprint density at radius 3 is 2.22 bits per heavy atom. The first kappa shape index (κ1) is 15.3. The maximum Gasteiger partial charge on any atom is 0.203 e. The van der Waals surface area contributed by atoms with Crippen LogP contribution in [0.1, 0.15) is 0 Å².